The largest absolute Gasteiger partial charge is 0.329 e. The van der Waals surface area contributed by atoms with Crippen LogP contribution in [0.3, 0.4) is 0 Å². The lowest BCUT2D eigenvalue weighted by molar-refractivity contribution is 0.510. The summed E-state index contributed by atoms with van der Waals surface area (Å²) >= 11 is -2.29. The molecule has 1 aromatic heterocycles. The number of aromatic amines is 1. The Morgan fingerprint density at radius 2 is 2.00 bits per heavy atom. The molecule has 2 N–H and O–H groups in total. The van der Waals surface area contributed by atoms with Crippen molar-refractivity contribution in [3.8, 4) is 0 Å². The molecule has 74 valence electrons. The zero-order valence-corrected chi connectivity index (χ0v) is 7.44. The van der Waals surface area contributed by atoms with Crippen LogP contribution in [0.1, 0.15) is 0 Å². The van der Waals surface area contributed by atoms with Gasteiger partial charge in [-0.05, 0) is 0 Å². The Hall–Kier alpha value is -1.34. The van der Waals surface area contributed by atoms with Crippen molar-refractivity contribution in [3.05, 3.63) is 23.8 Å². The van der Waals surface area contributed by atoms with Crippen molar-refractivity contribution < 1.29 is 17.5 Å². The average Bonchev–Trinajstić information content (AvgIpc) is 2.48. The van der Waals surface area contributed by atoms with Crippen LogP contribution in [-0.2, 0) is 11.1 Å². The number of rotatable bonds is 1. The molecule has 4 nitrogen and oxygen atoms in total. The highest BCUT2D eigenvalue weighted by atomic mass is 32.2. The molecule has 0 aliphatic heterocycles. The topological polar surface area (TPSA) is 66.0 Å². The predicted octanol–water partition coefficient (Wildman–Crippen LogP) is 1.42. The summed E-state index contributed by atoms with van der Waals surface area (Å²) in [4.78, 5) is 6.00. The van der Waals surface area contributed by atoms with Crippen LogP contribution in [0.25, 0.3) is 11.0 Å². The minimum absolute atomic E-state index is 0.112. The molecule has 0 amide bonds. The van der Waals surface area contributed by atoms with Crippen molar-refractivity contribution in [1.82, 2.24) is 9.97 Å². The van der Waals surface area contributed by atoms with E-state index in [1.807, 2.05) is 0 Å². The first-order valence-electron chi connectivity index (χ1n) is 3.53. The molecule has 14 heavy (non-hydrogen) atoms. The summed E-state index contributed by atoms with van der Waals surface area (Å²) in [7, 11) is 0. The number of hydrogen-bond acceptors (Lipinski definition) is 2. The second-order valence-corrected chi connectivity index (χ2v) is 3.46. The summed E-state index contributed by atoms with van der Waals surface area (Å²) in [6, 6.07) is 1.74. The third-order valence-corrected chi connectivity index (χ3v) is 2.19. The lowest BCUT2D eigenvalue weighted by Crippen LogP contribution is -1.89. The van der Waals surface area contributed by atoms with E-state index in [9.17, 15) is 13.0 Å². The molecule has 0 aliphatic rings. The van der Waals surface area contributed by atoms with E-state index in [2.05, 4.69) is 9.97 Å². The number of halogens is 2. The highest BCUT2D eigenvalue weighted by Gasteiger charge is 2.10. The molecule has 1 heterocycles. The molecule has 1 aromatic carbocycles. The Kier molecular flexibility index (Phi) is 2.05. The van der Waals surface area contributed by atoms with Gasteiger partial charge in [-0.1, -0.05) is 0 Å². The molecular weight excluding hydrogens is 214 g/mol. The van der Waals surface area contributed by atoms with E-state index >= 15 is 0 Å². The molecule has 0 fully saturated rings. The molecule has 0 spiro atoms. The first kappa shape index (κ1) is 9.22. The standard InChI is InChI=1S/C7H4F2N2O2S/c8-3-1-5-6(2-4(3)9)11-7(10-5)14(12)13/h1-2H,(H,10,11)(H,12,13). The molecule has 0 aliphatic carbocycles. The molecule has 7 heteroatoms. The zero-order valence-electron chi connectivity index (χ0n) is 6.62. The molecule has 0 radical (unpaired) electrons. The highest BCUT2D eigenvalue weighted by molar-refractivity contribution is 7.79. The first-order valence-corrected chi connectivity index (χ1v) is 4.64. The fourth-order valence-electron chi connectivity index (χ4n) is 1.06. The zero-order chi connectivity index (χ0) is 10.3. The van der Waals surface area contributed by atoms with Gasteiger partial charge < -0.3 is 4.98 Å². The predicted molar refractivity (Wildman–Crippen MR) is 45.0 cm³/mol. The smallest absolute Gasteiger partial charge is 0.225 e. The van der Waals surface area contributed by atoms with E-state index in [1.54, 1.807) is 0 Å². The maximum Gasteiger partial charge on any atom is 0.225 e. The Morgan fingerprint density at radius 1 is 1.36 bits per heavy atom. The molecule has 2 rings (SSSR count). The van der Waals surface area contributed by atoms with Gasteiger partial charge in [0.25, 0.3) is 0 Å². The Labute approximate surface area is 79.3 Å². The Morgan fingerprint density at radius 3 is 2.64 bits per heavy atom. The molecule has 0 saturated carbocycles. The molecular formula is C7H4F2N2O2S. The van der Waals surface area contributed by atoms with Crippen LogP contribution in [0.5, 0.6) is 0 Å². The van der Waals surface area contributed by atoms with Crippen molar-refractivity contribution in [3.63, 3.8) is 0 Å². The number of fused-ring (bicyclic) bond motifs is 1. The number of aromatic nitrogens is 2. The van der Waals surface area contributed by atoms with Crippen molar-refractivity contribution in [1.29, 1.82) is 0 Å². The van der Waals surface area contributed by atoms with E-state index < -0.39 is 22.7 Å². The highest BCUT2D eigenvalue weighted by Crippen LogP contribution is 2.17. The summed E-state index contributed by atoms with van der Waals surface area (Å²) in [5.41, 5.74) is 0.294. The number of hydrogen-bond donors (Lipinski definition) is 2. The van der Waals surface area contributed by atoms with Gasteiger partial charge in [-0.2, -0.15) is 0 Å². The van der Waals surface area contributed by atoms with E-state index in [1.165, 1.54) is 0 Å². The summed E-state index contributed by atoms with van der Waals surface area (Å²) in [6.45, 7) is 0. The van der Waals surface area contributed by atoms with E-state index in [0.29, 0.717) is 0 Å². The van der Waals surface area contributed by atoms with Crippen LogP contribution in [0.4, 0.5) is 8.78 Å². The van der Waals surface area contributed by atoms with E-state index in [-0.39, 0.29) is 16.2 Å². The van der Waals surface area contributed by atoms with Crippen molar-refractivity contribution >= 4 is 22.1 Å². The Balaban J connectivity index is 2.72. The number of H-pyrrole nitrogens is 1. The van der Waals surface area contributed by atoms with Crippen molar-refractivity contribution in [2.75, 3.05) is 0 Å². The van der Waals surface area contributed by atoms with Gasteiger partial charge in [0.1, 0.15) is 0 Å². The van der Waals surface area contributed by atoms with Gasteiger partial charge in [0.2, 0.25) is 16.2 Å². The lowest BCUT2D eigenvalue weighted by Gasteiger charge is -1.90. The fraction of sp³-hybridized carbons (Fsp3) is 0. The van der Waals surface area contributed by atoms with Crippen LogP contribution >= 0.6 is 0 Å². The maximum absolute atomic E-state index is 12.7. The van der Waals surface area contributed by atoms with Crippen LogP contribution in [0, 0.1) is 11.6 Å². The Bertz CT molecular complexity index is 487. The van der Waals surface area contributed by atoms with Crippen LogP contribution < -0.4 is 0 Å². The number of imidazole rings is 1. The van der Waals surface area contributed by atoms with E-state index in [4.69, 9.17) is 4.55 Å². The SMILES string of the molecule is O=S(O)c1nc2cc(F)c(F)cc2[nH]1. The lowest BCUT2D eigenvalue weighted by atomic mass is 10.3. The van der Waals surface area contributed by atoms with Crippen molar-refractivity contribution in [2.45, 2.75) is 5.16 Å². The number of nitrogens with zero attached hydrogens (tertiary/aromatic N) is 1. The second kappa shape index (κ2) is 3.10. The maximum atomic E-state index is 12.7. The fourth-order valence-corrected chi connectivity index (χ4v) is 1.44. The molecule has 1 unspecified atom stereocenters. The molecule has 0 bridgehead atoms. The average molecular weight is 218 g/mol. The molecule has 1 atom stereocenters. The minimum Gasteiger partial charge on any atom is -0.329 e. The van der Waals surface area contributed by atoms with Gasteiger partial charge in [-0.25, -0.2) is 18.0 Å². The summed E-state index contributed by atoms with van der Waals surface area (Å²) in [5, 5.41) is -0.231. The summed E-state index contributed by atoms with van der Waals surface area (Å²) in [5.74, 6) is -2.07. The second-order valence-electron chi connectivity index (χ2n) is 2.57. The van der Waals surface area contributed by atoms with Gasteiger partial charge in [0.05, 0.1) is 11.0 Å². The van der Waals surface area contributed by atoms with Crippen LogP contribution in [0.15, 0.2) is 17.3 Å². The van der Waals surface area contributed by atoms with Gasteiger partial charge in [-0.3, -0.25) is 4.55 Å². The van der Waals surface area contributed by atoms with Crippen LogP contribution in [-0.4, -0.2) is 18.7 Å². The summed E-state index contributed by atoms with van der Waals surface area (Å²) < 4.78 is 44.6. The monoisotopic (exact) mass is 218 g/mol. The first-order chi connectivity index (χ1) is 6.58. The van der Waals surface area contributed by atoms with Gasteiger partial charge in [-0.15, -0.1) is 0 Å². The molecule has 0 saturated heterocycles. The van der Waals surface area contributed by atoms with Gasteiger partial charge in [0, 0.05) is 12.1 Å². The summed E-state index contributed by atoms with van der Waals surface area (Å²) in [6.07, 6.45) is 0. The van der Waals surface area contributed by atoms with Crippen molar-refractivity contribution in [2.24, 2.45) is 0 Å². The number of nitrogens with one attached hydrogen (secondary N) is 1. The molecule has 2 aromatic rings. The third kappa shape index (κ3) is 1.40. The van der Waals surface area contributed by atoms with E-state index in [0.717, 1.165) is 12.1 Å². The normalized spacial score (nSPS) is 13.4. The number of benzene rings is 1. The third-order valence-electron chi connectivity index (χ3n) is 1.67. The quantitative estimate of drug-likeness (QED) is 0.711. The minimum atomic E-state index is -2.29. The van der Waals surface area contributed by atoms with Crippen LogP contribution in [0.2, 0.25) is 0 Å². The van der Waals surface area contributed by atoms with Gasteiger partial charge >= 0.3 is 0 Å². The van der Waals surface area contributed by atoms with Gasteiger partial charge in [0.15, 0.2) is 11.6 Å².